The van der Waals surface area contributed by atoms with E-state index in [4.69, 9.17) is 10.5 Å². The maximum absolute atomic E-state index is 14.1. The highest BCUT2D eigenvalue weighted by molar-refractivity contribution is 5.93. The lowest BCUT2D eigenvalue weighted by Crippen LogP contribution is -2.57. The normalized spacial score (nSPS) is 14.2. The van der Waals surface area contributed by atoms with E-state index < -0.39 is 53.1 Å². The molecule has 0 aliphatic heterocycles. The first-order valence-electron chi connectivity index (χ1n) is 12.6. The van der Waals surface area contributed by atoms with Gasteiger partial charge in [0.05, 0.1) is 0 Å². The van der Waals surface area contributed by atoms with E-state index in [0.717, 1.165) is 0 Å². The first kappa shape index (κ1) is 31.7. The summed E-state index contributed by atoms with van der Waals surface area (Å²) in [6.45, 7) is 16.0. The van der Waals surface area contributed by atoms with Crippen molar-refractivity contribution in [3.63, 3.8) is 0 Å². The predicted octanol–water partition coefficient (Wildman–Crippen LogP) is 3.44. The summed E-state index contributed by atoms with van der Waals surface area (Å²) in [6.07, 6.45) is -0.534. The number of primary amides is 1. The van der Waals surface area contributed by atoms with Gasteiger partial charge in [-0.15, -0.1) is 0 Å². The topological polar surface area (TPSA) is 151 Å². The molecule has 0 spiro atoms. The van der Waals surface area contributed by atoms with E-state index in [0.29, 0.717) is 17.5 Å². The number of carbonyl (C=O) groups excluding carboxylic acids is 4. The summed E-state index contributed by atoms with van der Waals surface area (Å²) in [5.74, 6) is -1.54. The van der Waals surface area contributed by atoms with Gasteiger partial charge in [-0.05, 0) is 91.5 Å². The average molecular weight is 521 g/mol. The van der Waals surface area contributed by atoms with Gasteiger partial charge in [-0.3, -0.25) is 14.4 Å². The minimum Gasteiger partial charge on any atom is -0.508 e. The second kappa shape index (κ2) is 12.8. The van der Waals surface area contributed by atoms with Gasteiger partial charge in [0.15, 0.2) is 0 Å². The monoisotopic (exact) mass is 520 g/mol. The average Bonchev–Trinajstić information content (AvgIpc) is 2.73. The first-order valence-corrected chi connectivity index (χ1v) is 12.6. The van der Waals surface area contributed by atoms with Gasteiger partial charge in [0.2, 0.25) is 17.7 Å². The van der Waals surface area contributed by atoms with E-state index in [2.05, 4.69) is 10.6 Å². The zero-order chi connectivity index (χ0) is 28.7. The van der Waals surface area contributed by atoms with Gasteiger partial charge in [0.1, 0.15) is 23.4 Å². The molecule has 0 bridgehead atoms. The summed E-state index contributed by atoms with van der Waals surface area (Å²) < 4.78 is 5.34. The van der Waals surface area contributed by atoms with Gasteiger partial charge >= 0.3 is 6.09 Å². The smallest absolute Gasteiger partial charge is 0.408 e. The van der Waals surface area contributed by atoms with Crippen molar-refractivity contribution in [2.24, 2.45) is 5.73 Å². The molecule has 1 aromatic rings. The molecule has 3 unspecified atom stereocenters. The van der Waals surface area contributed by atoms with E-state index in [1.807, 2.05) is 27.7 Å². The van der Waals surface area contributed by atoms with Gasteiger partial charge < -0.3 is 31.1 Å². The Morgan fingerprint density at radius 2 is 1.70 bits per heavy atom. The molecule has 0 radical (unpaired) electrons. The van der Waals surface area contributed by atoms with Gasteiger partial charge in [-0.25, -0.2) is 4.79 Å². The van der Waals surface area contributed by atoms with Crippen LogP contribution in [0.1, 0.15) is 91.8 Å². The molecule has 208 valence electrons. The first-order chi connectivity index (χ1) is 16.9. The van der Waals surface area contributed by atoms with Gasteiger partial charge in [-0.1, -0.05) is 13.0 Å². The lowest BCUT2D eigenvalue weighted by Gasteiger charge is -2.39. The summed E-state index contributed by atoms with van der Waals surface area (Å²) in [6, 6.07) is 2.07. The summed E-state index contributed by atoms with van der Waals surface area (Å²) >= 11 is 0. The number of benzene rings is 1. The van der Waals surface area contributed by atoms with Crippen molar-refractivity contribution in [2.75, 3.05) is 0 Å². The number of nitrogens with zero attached hydrogens (tertiary/aromatic N) is 1. The molecule has 1 rings (SSSR count). The molecule has 10 heteroatoms. The summed E-state index contributed by atoms with van der Waals surface area (Å²) in [5.41, 5.74) is 4.98. The molecular weight excluding hydrogens is 476 g/mol. The van der Waals surface area contributed by atoms with Crippen LogP contribution >= 0.6 is 0 Å². The lowest BCUT2D eigenvalue weighted by atomic mass is 9.96. The zero-order valence-electron chi connectivity index (χ0n) is 23.6. The molecule has 0 aliphatic carbocycles. The van der Waals surface area contributed by atoms with Gasteiger partial charge in [0, 0.05) is 18.0 Å². The lowest BCUT2D eigenvalue weighted by molar-refractivity contribution is -0.146. The number of rotatable bonds is 10. The number of nitrogens with one attached hydrogen (secondary N) is 2. The van der Waals surface area contributed by atoms with E-state index >= 15 is 0 Å². The third-order valence-electron chi connectivity index (χ3n) is 5.55. The Kier molecular flexibility index (Phi) is 11.0. The van der Waals surface area contributed by atoms with Crippen molar-refractivity contribution in [3.05, 3.63) is 29.3 Å². The van der Waals surface area contributed by atoms with Crippen LogP contribution in [0.2, 0.25) is 0 Å². The van der Waals surface area contributed by atoms with Crippen LogP contribution in [0, 0.1) is 6.92 Å². The summed E-state index contributed by atoms with van der Waals surface area (Å²) in [7, 11) is 0. The molecule has 0 aliphatic rings. The van der Waals surface area contributed by atoms with E-state index in [1.165, 1.54) is 11.0 Å². The largest absolute Gasteiger partial charge is 0.508 e. The Balaban J connectivity index is 3.63. The fraction of sp³-hybridized carbons (Fsp3) is 0.630. The molecule has 37 heavy (non-hydrogen) atoms. The number of hydrogen-bond acceptors (Lipinski definition) is 6. The van der Waals surface area contributed by atoms with Crippen molar-refractivity contribution in [3.8, 4) is 5.75 Å². The Morgan fingerprint density at radius 1 is 1.11 bits per heavy atom. The molecule has 4 amide bonds. The highest BCUT2D eigenvalue weighted by atomic mass is 16.6. The number of ether oxygens (including phenoxy) is 1. The predicted molar refractivity (Wildman–Crippen MR) is 142 cm³/mol. The number of nitrogens with two attached hydrogens (primary N) is 1. The molecule has 0 saturated carbocycles. The van der Waals surface area contributed by atoms with Crippen LogP contribution in [0.3, 0.4) is 0 Å². The Hall–Kier alpha value is -3.30. The van der Waals surface area contributed by atoms with Crippen LogP contribution in [0.4, 0.5) is 4.79 Å². The van der Waals surface area contributed by atoms with Crippen LogP contribution in [0.15, 0.2) is 18.2 Å². The molecule has 0 fully saturated rings. The molecule has 3 atom stereocenters. The number of amides is 4. The van der Waals surface area contributed by atoms with Crippen LogP contribution in [-0.4, -0.2) is 57.0 Å². The van der Waals surface area contributed by atoms with Crippen molar-refractivity contribution >= 4 is 23.8 Å². The number of phenols is 1. The molecule has 5 N–H and O–H groups in total. The van der Waals surface area contributed by atoms with Crippen molar-refractivity contribution < 1.29 is 29.0 Å². The molecule has 0 saturated heterocycles. The Labute approximate surface area is 220 Å². The minimum atomic E-state index is -1.17. The second-order valence-corrected chi connectivity index (χ2v) is 11.4. The van der Waals surface area contributed by atoms with Crippen molar-refractivity contribution in [2.45, 2.75) is 111 Å². The standard InChI is InChI=1S/C27H44N4O6/c1-10-17(3)31(24(35)19(12-14-21(28)33)29-25(36)37-27(7,8)9)22(23(34)30-26(4,5)6)18-11-13-20(32)16(2)15-18/h11,13,15,17,19,22,32H,10,12,14H2,1-9H3,(H2,28,33)(H,29,36)(H,30,34). The van der Waals surface area contributed by atoms with Crippen LogP contribution in [-0.2, 0) is 19.1 Å². The number of alkyl carbamates (subject to hydrolysis) is 1. The Morgan fingerprint density at radius 3 is 2.16 bits per heavy atom. The van der Waals surface area contributed by atoms with Gasteiger partial charge in [0.25, 0.3) is 0 Å². The highest BCUT2D eigenvalue weighted by Crippen LogP contribution is 2.30. The number of hydrogen-bond donors (Lipinski definition) is 4. The van der Waals surface area contributed by atoms with Crippen LogP contribution in [0.25, 0.3) is 0 Å². The third kappa shape index (κ3) is 10.3. The molecule has 0 aromatic heterocycles. The second-order valence-electron chi connectivity index (χ2n) is 11.4. The minimum absolute atomic E-state index is 0.0612. The summed E-state index contributed by atoms with van der Waals surface area (Å²) in [4.78, 5) is 53.3. The fourth-order valence-electron chi connectivity index (χ4n) is 3.69. The van der Waals surface area contributed by atoms with Crippen LogP contribution < -0.4 is 16.4 Å². The number of carbonyl (C=O) groups is 4. The molecule has 0 heterocycles. The molecule has 10 nitrogen and oxygen atoms in total. The maximum atomic E-state index is 14.1. The molecule has 1 aromatic carbocycles. The zero-order valence-corrected chi connectivity index (χ0v) is 23.6. The van der Waals surface area contributed by atoms with Crippen molar-refractivity contribution in [1.82, 2.24) is 15.5 Å². The quantitative estimate of drug-likeness (QED) is 0.371. The van der Waals surface area contributed by atoms with Crippen molar-refractivity contribution in [1.29, 1.82) is 0 Å². The fourth-order valence-corrected chi connectivity index (χ4v) is 3.69. The summed E-state index contributed by atoms with van der Waals surface area (Å²) in [5, 5.41) is 15.6. The SMILES string of the molecule is CCC(C)N(C(=O)C(CCC(N)=O)NC(=O)OC(C)(C)C)C(C(=O)NC(C)(C)C)c1ccc(O)c(C)c1. The van der Waals surface area contributed by atoms with Crippen LogP contribution in [0.5, 0.6) is 5.75 Å². The molecular formula is C27H44N4O6. The van der Waals surface area contributed by atoms with E-state index in [-0.39, 0.29) is 18.6 Å². The number of aromatic hydroxyl groups is 1. The van der Waals surface area contributed by atoms with Gasteiger partial charge in [-0.2, -0.15) is 0 Å². The highest BCUT2D eigenvalue weighted by Gasteiger charge is 2.39. The maximum Gasteiger partial charge on any atom is 0.408 e. The Bertz CT molecular complexity index is 980. The number of phenolic OH excluding ortho intramolecular Hbond substituents is 1. The van der Waals surface area contributed by atoms with E-state index in [1.54, 1.807) is 46.8 Å². The third-order valence-corrected chi connectivity index (χ3v) is 5.55. The number of aryl methyl sites for hydroxylation is 1. The van der Waals surface area contributed by atoms with E-state index in [9.17, 15) is 24.3 Å².